The molecule has 0 fully saturated rings. The number of hydrogen-bond acceptors (Lipinski definition) is 2. The molecule has 0 aliphatic heterocycles. The molecule has 0 saturated heterocycles. The van der Waals surface area contributed by atoms with Crippen LogP contribution in [-0.4, -0.2) is 13.0 Å². The molecule has 0 aliphatic carbocycles. The zero-order valence-corrected chi connectivity index (χ0v) is 12.5. The summed E-state index contributed by atoms with van der Waals surface area (Å²) in [5, 5.41) is 3.36. The predicted molar refractivity (Wildman–Crippen MR) is 80.1 cm³/mol. The number of carbonyl (C=O) groups excluding carboxylic acids is 1. The molecule has 0 spiro atoms. The van der Waals surface area contributed by atoms with Crippen LogP contribution >= 0.6 is 27.5 Å². The number of benzene rings is 2. The number of carbonyl (C=O) groups is 1. The monoisotopic (exact) mass is 339 g/mol. The Morgan fingerprint density at radius 2 is 1.89 bits per heavy atom. The summed E-state index contributed by atoms with van der Waals surface area (Å²) in [6, 6.07) is 12.1. The summed E-state index contributed by atoms with van der Waals surface area (Å²) in [5.74, 6) is 0.506. The van der Waals surface area contributed by atoms with Gasteiger partial charge in [0.2, 0.25) is 0 Å². The summed E-state index contributed by atoms with van der Waals surface area (Å²) in [6.45, 7) is 0. The molecule has 1 N–H and O–H groups in total. The fourth-order valence-electron chi connectivity index (χ4n) is 1.53. The van der Waals surface area contributed by atoms with Crippen LogP contribution < -0.4 is 10.1 Å². The van der Waals surface area contributed by atoms with Gasteiger partial charge in [-0.25, -0.2) is 0 Å². The Labute approximate surface area is 124 Å². The van der Waals surface area contributed by atoms with Gasteiger partial charge in [0.25, 0.3) is 5.91 Å². The third-order valence-electron chi connectivity index (χ3n) is 2.53. The van der Waals surface area contributed by atoms with Crippen molar-refractivity contribution in [3.8, 4) is 5.75 Å². The summed E-state index contributed by atoms with van der Waals surface area (Å²) in [6.07, 6.45) is 0. The Morgan fingerprint density at radius 1 is 1.21 bits per heavy atom. The summed E-state index contributed by atoms with van der Waals surface area (Å²) in [7, 11) is 1.58. The highest BCUT2D eigenvalue weighted by Crippen LogP contribution is 2.26. The van der Waals surface area contributed by atoms with Gasteiger partial charge in [0.15, 0.2) is 0 Å². The maximum atomic E-state index is 12.1. The van der Waals surface area contributed by atoms with Crippen molar-refractivity contribution in [1.82, 2.24) is 0 Å². The number of nitrogens with one attached hydrogen (secondary N) is 1. The lowest BCUT2D eigenvalue weighted by atomic mass is 10.2. The fourth-order valence-corrected chi connectivity index (χ4v) is 2.05. The fraction of sp³-hybridized carbons (Fsp3) is 0.0714. The van der Waals surface area contributed by atoms with E-state index in [1.165, 1.54) is 0 Å². The van der Waals surface area contributed by atoms with E-state index in [4.69, 9.17) is 16.3 Å². The van der Waals surface area contributed by atoms with Crippen LogP contribution in [0.5, 0.6) is 5.75 Å². The van der Waals surface area contributed by atoms with Gasteiger partial charge in [0, 0.05) is 15.1 Å². The lowest BCUT2D eigenvalue weighted by molar-refractivity contribution is 0.102. The molecule has 0 aromatic heterocycles. The van der Waals surface area contributed by atoms with Gasteiger partial charge in [0.1, 0.15) is 5.75 Å². The van der Waals surface area contributed by atoms with Crippen molar-refractivity contribution in [1.29, 1.82) is 0 Å². The van der Waals surface area contributed by atoms with Gasteiger partial charge in [0.05, 0.1) is 12.8 Å². The predicted octanol–water partition coefficient (Wildman–Crippen LogP) is 4.36. The van der Waals surface area contributed by atoms with Gasteiger partial charge in [-0.2, -0.15) is 0 Å². The number of ether oxygens (including phenoxy) is 1. The minimum Gasteiger partial charge on any atom is -0.497 e. The smallest absolute Gasteiger partial charge is 0.255 e. The molecular weight excluding hydrogens is 330 g/mol. The second-order valence-electron chi connectivity index (χ2n) is 3.81. The summed E-state index contributed by atoms with van der Waals surface area (Å²) in [4.78, 5) is 12.1. The minimum atomic E-state index is -0.203. The number of halogens is 2. The van der Waals surface area contributed by atoms with Crippen LogP contribution in [-0.2, 0) is 0 Å². The average molecular weight is 341 g/mol. The molecule has 3 nitrogen and oxygen atoms in total. The van der Waals surface area contributed by atoms with Gasteiger partial charge in [-0.3, -0.25) is 4.79 Å². The van der Waals surface area contributed by atoms with Gasteiger partial charge in [-0.15, -0.1) is 0 Å². The van der Waals surface area contributed by atoms with Crippen molar-refractivity contribution >= 4 is 39.1 Å². The third kappa shape index (κ3) is 3.49. The van der Waals surface area contributed by atoms with E-state index < -0.39 is 0 Å². The summed E-state index contributed by atoms with van der Waals surface area (Å²) >= 11 is 9.26. The van der Waals surface area contributed by atoms with Crippen molar-refractivity contribution in [2.45, 2.75) is 0 Å². The Bertz CT molecular complexity index is 599. The van der Waals surface area contributed by atoms with Crippen molar-refractivity contribution in [2.24, 2.45) is 0 Å². The van der Waals surface area contributed by atoms with E-state index in [1.807, 2.05) is 0 Å². The molecule has 0 radical (unpaired) electrons. The van der Waals surface area contributed by atoms with E-state index in [1.54, 1.807) is 49.6 Å². The Hall–Kier alpha value is -1.52. The van der Waals surface area contributed by atoms with Crippen molar-refractivity contribution in [3.05, 3.63) is 57.5 Å². The van der Waals surface area contributed by atoms with Crippen molar-refractivity contribution in [3.63, 3.8) is 0 Å². The highest BCUT2D eigenvalue weighted by atomic mass is 79.9. The molecule has 0 unspecified atom stereocenters. The highest BCUT2D eigenvalue weighted by Gasteiger charge is 2.08. The molecule has 0 atom stereocenters. The van der Waals surface area contributed by atoms with Crippen LogP contribution in [0.4, 0.5) is 5.69 Å². The van der Waals surface area contributed by atoms with Gasteiger partial charge in [-0.05, 0) is 58.4 Å². The molecule has 0 bridgehead atoms. The first-order valence-electron chi connectivity index (χ1n) is 5.50. The Balaban J connectivity index is 2.18. The maximum absolute atomic E-state index is 12.1. The second kappa shape index (κ2) is 6.08. The van der Waals surface area contributed by atoms with E-state index in [0.717, 1.165) is 4.47 Å². The number of methoxy groups -OCH3 is 1. The van der Waals surface area contributed by atoms with Crippen LogP contribution in [0, 0.1) is 0 Å². The summed E-state index contributed by atoms with van der Waals surface area (Å²) < 4.78 is 5.82. The number of anilines is 1. The molecule has 2 rings (SSSR count). The lowest BCUT2D eigenvalue weighted by Gasteiger charge is -2.08. The van der Waals surface area contributed by atoms with E-state index in [-0.39, 0.29) is 5.91 Å². The zero-order valence-electron chi connectivity index (χ0n) is 10.1. The molecule has 5 heteroatoms. The molecule has 0 aliphatic rings. The van der Waals surface area contributed by atoms with Crippen LogP contribution in [0.25, 0.3) is 0 Å². The number of hydrogen-bond donors (Lipinski definition) is 1. The van der Waals surface area contributed by atoms with E-state index >= 15 is 0 Å². The number of rotatable bonds is 3. The SMILES string of the molecule is COc1ccc(C(=O)Nc2cc(Cl)ccc2Br)cc1. The van der Waals surface area contributed by atoms with Gasteiger partial charge in [-0.1, -0.05) is 11.6 Å². The van der Waals surface area contributed by atoms with Crippen LogP contribution in [0.3, 0.4) is 0 Å². The Morgan fingerprint density at radius 3 is 2.53 bits per heavy atom. The normalized spacial score (nSPS) is 10.1. The average Bonchev–Trinajstić information content (AvgIpc) is 2.43. The molecule has 2 aromatic carbocycles. The highest BCUT2D eigenvalue weighted by molar-refractivity contribution is 9.10. The minimum absolute atomic E-state index is 0.203. The molecule has 2 aromatic rings. The van der Waals surface area contributed by atoms with Crippen molar-refractivity contribution < 1.29 is 9.53 Å². The van der Waals surface area contributed by atoms with Gasteiger partial charge >= 0.3 is 0 Å². The lowest BCUT2D eigenvalue weighted by Crippen LogP contribution is -2.12. The van der Waals surface area contributed by atoms with E-state index in [2.05, 4.69) is 21.2 Å². The Kier molecular flexibility index (Phi) is 4.45. The van der Waals surface area contributed by atoms with E-state index in [0.29, 0.717) is 22.0 Å². The first-order chi connectivity index (χ1) is 9.10. The third-order valence-corrected chi connectivity index (χ3v) is 3.46. The number of amides is 1. The van der Waals surface area contributed by atoms with Crippen LogP contribution in [0.2, 0.25) is 5.02 Å². The molecule has 98 valence electrons. The van der Waals surface area contributed by atoms with Gasteiger partial charge < -0.3 is 10.1 Å². The maximum Gasteiger partial charge on any atom is 0.255 e. The standard InChI is InChI=1S/C14H11BrClNO2/c1-19-11-5-2-9(3-6-11)14(18)17-13-8-10(16)4-7-12(13)15/h2-8H,1H3,(H,17,18). The molecule has 0 heterocycles. The molecule has 19 heavy (non-hydrogen) atoms. The van der Waals surface area contributed by atoms with Crippen molar-refractivity contribution in [2.75, 3.05) is 12.4 Å². The molecular formula is C14H11BrClNO2. The van der Waals surface area contributed by atoms with Crippen LogP contribution in [0.1, 0.15) is 10.4 Å². The second-order valence-corrected chi connectivity index (χ2v) is 5.10. The summed E-state index contributed by atoms with van der Waals surface area (Å²) in [5.41, 5.74) is 1.18. The largest absolute Gasteiger partial charge is 0.497 e. The quantitative estimate of drug-likeness (QED) is 0.901. The molecule has 0 saturated carbocycles. The van der Waals surface area contributed by atoms with E-state index in [9.17, 15) is 4.79 Å². The first-order valence-corrected chi connectivity index (χ1v) is 6.67. The first kappa shape index (κ1) is 13.9. The topological polar surface area (TPSA) is 38.3 Å². The zero-order chi connectivity index (χ0) is 13.8. The van der Waals surface area contributed by atoms with Crippen LogP contribution in [0.15, 0.2) is 46.9 Å². The molecule has 1 amide bonds.